The number of ether oxygens (including phenoxy) is 2. The highest BCUT2D eigenvalue weighted by Crippen LogP contribution is 2.23. The number of benzene rings is 1. The van der Waals surface area contributed by atoms with Gasteiger partial charge in [-0.1, -0.05) is 12.1 Å². The minimum absolute atomic E-state index is 0.0642. The van der Waals surface area contributed by atoms with Crippen LogP contribution in [0.4, 0.5) is 0 Å². The smallest absolute Gasteiger partial charge is 0.254 e. The van der Waals surface area contributed by atoms with Crippen LogP contribution in [0.15, 0.2) is 24.3 Å². The number of fused-ring (bicyclic) bond motifs is 1. The lowest BCUT2D eigenvalue weighted by Crippen LogP contribution is -2.53. The molecule has 4 rings (SSSR count). The average Bonchev–Trinajstić information content (AvgIpc) is 3.05. The number of carbonyl (C=O) groups excluding carboxylic acids is 1. The van der Waals surface area contributed by atoms with E-state index in [1.165, 1.54) is 4.70 Å². The van der Waals surface area contributed by atoms with Crippen LogP contribution in [-0.4, -0.2) is 72.8 Å². The van der Waals surface area contributed by atoms with Gasteiger partial charge < -0.3 is 14.4 Å². The van der Waals surface area contributed by atoms with Crippen molar-refractivity contribution in [1.82, 2.24) is 14.8 Å². The zero-order chi connectivity index (χ0) is 16.4. The highest BCUT2D eigenvalue weighted by atomic mass is 32.1. The number of hydrogen-bond donors (Lipinski definition) is 0. The molecule has 0 radical (unpaired) electrons. The van der Waals surface area contributed by atoms with E-state index in [2.05, 4.69) is 17.0 Å². The highest BCUT2D eigenvalue weighted by molar-refractivity contribution is 7.18. The highest BCUT2D eigenvalue weighted by Gasteiger charge is 2.30. The van der Waals surface area contributed by atoms with Gasteiger partial charge in [-0.25, -0.2) is 4.98 Å². The largest absolute Gasteiger partial charge is 0.376 e. The van der Waals surface area contributed by atoms with Crippen LogP contribution in [-0.2, 0) is 20.8 Å². The summed E-state index contributed by atoms with van der Waals surface area (Å²) in [5.74, 6) is 0.0642. The van der Waals surface area contributed by atoms with Crippen LogP contribution in [0.1, 0.15) is 5.01 Å². The molecule has 24 heavy (non-hydrogen) atoms. The molecule has 2 aliphatic heterocycles. The van der Waals surface area contributed by atoms with E-state index in [1.807, 2.05) is 17.0 Å². The molecule has 1 aromatic carbocycles. The van der Waals surface area contributed by atoms with Crippen molar-refractivity contribution in [2.24, 2.45) is 0 Å². The maximum absolute atomic E-state index is 12.4. The Bertz CT molecular complexity index is 673. The minimum atomic E-state index is -0.422. The van der Waals surface area contributed by atoms with Crippen molar-refractivity contribution in [2.75, 3.05) is 46.0 Å². The molecule has 0 spiro atoms. The summed E-state index contributed by atoms with van der Waals surface area (Å²) in [7, 11) is 0. The second-order valence-electron chi connectivity index (χ2n) is 6.11. The van der Waals surface area contributed by atoms with Crippen molar-refractivity contribution in [2.45, 2.75) is 12.6 Å². The van der Waals surface area contributed by atoms with Crippen molar-refractivity contribution in [3.05, 3.63) is 29.3 Å². The number of amides is 1. The third kappa shape index (κ3) is 3.44. The predicted octanol–water partition coefficient (Wildman–Crippen LogP) is 1.36. The monoisotopic (exact) mass is 347 g/mol. The molecule has 1 aromatic heterocycles. The maximum Gasteiger partial charge on any atom is 0.254 e. The van der Waals surface area contributed by atoms with Crippen LogP contribution in [0, 0.1) is 0 Å². The summed E-state index contributed by atoms with van der Waals surface area (Å²) in [6.45, 7) is 5.54. The summed E-state index contributed by atoms with van der Waals surface area (Å²) in [6.07, 6.45) is -0.422. The second kappa shape index (κ2) is 7.14. The number of thiazole rings is 1. The van der Waals surface area contributed by atoms with Gasteiger partial charge in [0.25, 0.3) is 5.91 Å². The number of carbonyl (C=O) groups is 1. The summed E-state index contributed by atoms with van der Waals surface area (Å²) < 4.78 is 12.1. The van der Waals surface area contributed by atoms with Gasteiger partial charge in [-0.3, -0.25) is 9.69 Å². The lowest BCUT2D eigenvalue weighted by atomic mass is 10.2. The molecule has 1 atom stereocenters. The maximum atomic E-state index is 12.4. The van der Waals surface area contributed by atoms with Crippen molar-refractivity contribution in [3.63, 3.8) is 0 Å². The van der Waals surface area contributed by atoms with E-state index in [0.29, 0.717) is 19.8 Å². The lowest BCUT2D eigenvalue weighted by Gasteiger charge is -2.36. The first-order valence-electron chi connectivity index (χ1n) is 8.34. The van der Waals surface area contributed by atoms with Crippen LogP contribution < -0.4 is 0 Å². The summed E-state index contributed by atoms with van der Waals surface area (Å²) in [4.78, 5) is 21.4. The lowest BCUT2D eigenvalue weighted by molar-refractivity contribution is -0.159. The van der Waals surface area contributed by atoms with Gasteiger partial charge in [-0.05, 0) is 12.1 Å². The van der Waals surface area contributed by atoms with Gasteiger partial charge in [-0.2, -0.15) is 0 Å². The molecule has 2 aromatic rings. The van der Waals surface area contributed by atoms with E-state index in [-0.39, 0.29) is 5.91 Å². The number of piperazine rings is 1. The molecule has 2 aliphatic rings. The third-order valence-electron chi connectivity index (χ3n) is 4.47. The standard InChI is InChI=1S/C17H21N3O3S/c21-17(14-12-22-9-10-23-14)20-7-5-19(6-8-20)11-16-18-13-3-1-2-4-15(13)24-16/h1-4,14H,5-12H2/t14-/m1/s1. The van der Waals surface area contributed by atoms with Gasteiger partial charge in [0.15, 0.2) is 6.10 Å². The van der Waals surface area contributed by atoms with Gasteiger partial charge in [0.1, 0.15) is 5.01 Å². The van der Waals surface area contributed by atoms with Crippen molar-refractivity contribution >= 4 is 27.5 Å². The van der Waals surface area contributed by atoms with Crippen molar-refractivity contribution < 1.29 is 14.3 Å². The van der Waals surface area contributed by atoms with Gasteiger partial charge in [-0.15, -0.1) is 11.3 Å². The molecule has 6 nitrogen and oxygen atoms in total. The number of para-hydroxylation sites is 1. The first-order chi connectivity index (χ1) is 11.8. The fourth-order valence-electron chi connectivity index (χ4n) is 3.14. The number of hydrogen-bond acceptors (Lipinski definition) is 6. The molecule has 0 unspecified atom stereocenters. The number of rotatable bonds is 3. The summed E-state index contributed by atoms with van der Waals surface area (Å²) >= 11 is 1.75. The predicted molar refractivity (Wildman–Crippen MR) is 92.0 cm³/mol. The normalized spacial score (nSPS) is 22.8. The Kier molecular flexibility index (Phi) is 4.75. The van der Waals surface area contributed by atoms with E-state index in [9.17, 15) is 4.79 Å². The molecule has 1 amide bonds. The molecular weight excluding hydrogens is 326 g/mol. The number of nitrogens with zero attached hydrogens (tertiary/aromatic N) is 3. The Labute approximate surface area is 145 Å². The zero-order valence-electron chi connectivity index (χ0n) is 13.5. The fraction of sp³-hybridized carbons (Fsp3) is 0.529. The minimum Gasteiger partial charge on any atom is -0.376 e. The third-order valence-corrected chi connectivity index (χ3v) is 5.49. The molecule has 0 aliphatic carbocycles. The summed E-state index contributed by atoms with van der Waals surface area (Å²) in [6, 6.07) is 8.23. The molecule has 0 saturated carbocycles. The summed E-state index contributed by atoms with van der Waals surface area (Å²) in [5.41, 5.74) is 1.07. The van der Waals surface area contributed by atoms with Gasteiger partial charge >= 0.3 is 0 Å². The summed E-state index contributed by atoms with van der Waals surface area (Å²) in [5, 5.41) is 1.14. The number of aromatic nitrogens is 1. The molecule has 128 valence electrons. The molecule has 0 N–H and O–H groups in total. The molecule has 2 saturated heterocycles. The van der Waals surface area contributed by atoms with Crippen LogP contribution in [0.2, 0.25) is 0 Å². The molecule has 3 heterocycles. The SMILES string of the molecule is O=C([C@H]1COCCO1)N1CCN(Cc2nc3ccccc3s2)CC1. The second-order valence-corrected chi connectivity index (χ2v) is 7.23. The topological polar surface area (TPSA) is 54.9 Å². The Hall–Kier alpha value is -1.54. The van der Waals surface area contributed by atoms with Gasteiger partial charge in [0.2, 0.25) is 0 Å². The van der Waals surface area contributed by atoms with Crippen LogP contribution >= 0.6 is 11.3 Å². The van der Waals surface area contributed by atoms with E-state index in [0.717, 1.165) is 43.2 Å². The molecular formula is C17H21N3O3S. The van der Waals surface area contributed by atoms with Crippen LogP contribution in [0.25, 0.3) is 10.2 Å². The van der Waals surface area contributed by atoms with Crippen molar-refractivity contribution in [1.29, 1.82) is 0 Å². The first-order valence-corrected chi connectivity index (χ1v) is 9.16. The molecule has 0 bridgehead atoms. The van der Waals surface area contributed by atoms with E-state index < -0.39 is 6.10 Å². The Balaban J connectivity index is 1.31. The molecule has 2 fully saturated rings. The van der Waals surface area contributed by atoms with E-state index in [1.54, 1.807) is 11.3 Å². The van der Waals surface area contributed by atoms with Crippen LogP contribution in [0.5, 0.6) is 0 Å². The zero-order valence-corrected chi connectivity index (χ0v) is 14.3. The molecule has 7 heteroatoms. The average molecular weight is 347 g/mol. The fourth-order valence-corrected chi connectivity index (χ4v) is 4.15. The Morgan fingerprint density at radius 1 is 1.21 bits per heavy atom. The van der Waals surface area contributed by atoms with Gasteiger partial charge in [0, 0.05) is 26.2 Å². The van der Waals surface area contributed by atoms with Crippen molar-refractivity contribution in [3.8, 4) is 0 Å². The Morgan fingerprint density at radius 2 is 2.04 bits per heavy atom. The van der Waals surface area contributed by atoms with E-state index >= 15 is 0 Å². The van der Waals surface area contributed by atoms with Gasteiger partial charge in [0.05, 0.1) is 36.6 Å². The van der Waals surface area contributed by atoms with Crippen LogP contribution in [0.3, 0.4) is 0 Å². The van der Waals surface area contributed by atoms with E-state index in [4.69, 9.17) is 14.5 Å². The quantitative estimate of drug-likeness (QED) is 0.839. The Morgan fingerprint density at radius 3 is 2.79 bits per heavy atom. The first kappa shape index (κ1) is 16.0.